The highest BCUT2D eigenvalue weighted by atomic mass is 16.2. The Morgan fingerprint density at radius 3 is 2.64 bits per heavy atom. The Hall–Kier alpha value is -4.01. The molecule has 3 heterocycles. The fourth-order valence-corrected chi connectivity index (χ4v) is 2.60. The van der Waals surface area contributed by atoms with Gasteiger partial charge < -0.3 is 5.32 Å². The number of fused-ring (bicyclic) bond motifs is 1. The van der Waals surface area contributed by atoms with E-state index in [1.807, 2.05) is 19.1 Å². The van der Waals surface area contributed by atoms with Crippen LogP contribution in [0.15, 0.2) is 60.2 Å². The fourth-order valence-electron chi connectivity index (χ4n) is 2.60. The molecule has 0 bridgehead atoms. The standard InChI is InChI=1S/C19H15N7O2/c1-12-2-4-13(5-3-12)24-16(27)10-26-11-23-17-14(19(26)28)8-22-18(25-17)15-9-20-6-7-21-15/h2-9,11H,10H2,1H3,(H,24,27). The summed E-state index contributed by atoms with van der Waals surface area (Å²) in [7, 11) is 0. The molecule has 1 N–H and O–H groups in total. The predicted octanol–water partition coefficient (Wildman–Crippen LogP) is 1.59. The third-order valence-electron chi connectivity index (χ3n) is 4.02. The minimum Gasteiger partial charge on any atom is -0.325 e. The van der Waals surface area contributed by atoms with Crippen molar-refractivity contribution in [1.82, 2.24) is 29.5 Å². The number of aromatic nitrogens is 6. The van der Waals surface area contributed by atoms with Gasteiger partial charge >= 0.3 is 0 Å². The maximum absolute atomic E-state index is 12.6. The zero-order valence-corrected chi connectivity index (χ0v) is 14.9. The average Bonchev–Trinajstić information content (AvgIpc) is 2.72. The Labute approximate surface area is 159 Å². The SMILES string of the molecule is Cc1ccc(NC(=O)Cn2cnc3nc(-c4cnccn4)ncc3c2=O)cc1. The molecule has 9 nitrogen and oxygen atoms in total. The van der Waals surface area contributed by atoms with Gasteiger partial charge in [0.25, 0.3) is 5.56 Å². The van der Waals surface area contributed by atoms with Crippen molar-refractivity contribution in [3.63, 3.8) is 0 Å². The second-order valence-corrected chi connectivity index (χ2v) is 6.11. The first-order valence-corrected chi connectivity index (χ1v) is 8.45. The highest BCUT2D eigenvalue weighted by Crippen LogP contribution is 2.12. The molecule has 28 heavy (non-hydrogen) atoms. The van der Waals surface area contributed by atoms with Gasteiger partial charge in [0.2, 0.25) is 5.91 Å². The average molecular weight is 373 g/mol. The molecule has 0 atom stereocenters. The molecule has 0 aliphatic rings. The van der Waals surface area contributed by atoms with Crippen molar-refractivity contribution < 1.29 is 4.79 Å². The summed E-state index contributed by atoms with van der Waals surface area (Å²) >= 11 is 0. The van der Waals surface area contributed by atoms with Crippen LogP contribution in [-0.2, 0) is 11.3 Å². The van der Waals surface area contributed by atoms with E-state index in [2.05, 4.69) is 30.2 Å². The molecule has 0 aliphatic heterocycles. The molecule has 4 aromatic rings. The van der Waals surface area contributed by atoms with Crippen LogP contribution in [0.5, 0.6) is 0 Å². The number of aryl methyl sites for hydroxylation is 1. The number of nitrogens with one attached hydrogen (secondary N) is 1. The first-order chi connectivity index (χ1) is 13.6. The molecule has 0 radical (unpaired) electrons. The van der Waals surface area contributed by atoms with Crippen molar-refractivity contribution in [3.8, 4) is 11.5 Å². The number of carbonyl (C=O) groups is 1. The molecule has 4 rings (SSSR count). The van der Waals surface area contributed by atoms with Gasteiger partial charge in [-0.25, -0.2) is 19.9 Å². The number of hydrogen-bond donors (Lipinski definition) is 1. The lowest BCUT2D eigenvalue weighted by Gasteiger charge is -2.08. The lowest BCUT2D eigenvalue weighted by molar-refractivity contribution is -0.116. The summed E-state index contributed by atoms with van der Waals surface area (Å²) in [6, 6.07) is 7.39. The van der Waals surface area contributed by atoms with Gasteiger partial charge in [0.15, 0.2) is 11.5 Å². The predicted molar refractivity (Wildman–Crippen MR) is 102 cm³/mol. The van der Waals surface area contributed by atoms with Gasteiger partial charge in [0.05, 0.1) is 6.20 Å². The molecule has 0 saturated heterocycles. The fraction of sp³-hybridized carbons (Fsp3) is 0.105. The Morgan fingerprint density at radius 2 is 1.89 bits per heavy atom. The first kappa shape index (κ1) is 17.4. The molecule has 138 valence electrons. The number of hydrogen-bond acceptors (Lipinski definition) is 7. The summed E-state index contributed by atoms with van der Waals surface area (Å²) in [6.45, 7) is 1.80. The molecule has 0 saturated carbocycles. The van der Waals surface area contributed by atoms with E-state index in [9.17, 15) is 9.59 Å². The van der Waals surface area contributed by atoms with Gasteiger partial charge in [-0.15, -0.1) is 0 Å². The number of benzene rings is 1. The van der Waals surface area contributed by atoms with E-state index < -0.39 is 5.56 Å². The molecular formula is C19H15N7O2. The van der Waals surface area contributed by atoms with Crippen molar-refractivity contribution >= 4 is 22.6 Å². The Kier molecular flexibility index (Phi) is 4.55. The summed E-state index contributed by atoms with van der Waals surface area (Å²) in [6.07, 6.45) is 7.28. The molecule has 1 aromatic carbocycles. The molecule has 0 fully saturated rings. The molecular weight excluding hydrogens is 358 g/mol. The largest absolute Gasteiger partial charge is 0.325 e. The summed E-state index contributed by atoms with van der Waals surface area (Å²) in [4.78, 5) is 45.6. The van der Waals surface area contributed by atoms with Gasteiger partial charge in [-0.1, -0.05) is 17.7 Å². The monoisotopic (exact) mass is 373 g/mol. The Balaban J connectivity index is 1.58. The third kappa shape index (κ3) is 3.58. The van der Waals surface area contributed by atoms with E-state index in [1.165, 1.54) is 29.5 Å². The quantitative estimate of drug-likeness (QED) is 0.577. The van der Waals surface area contributed by atoms with Gasteiger partial charge in [0, 0.05) is 24.3 Å². The number of nitrogens with zero attached hydrogens (tertiary/aromatic N) is 6. The Bertz CT molecular complexity index is 1200. The van der Waals surface area contributed by atoms with Gasteiger partial charge in [-0.2, -0.15) is 0 Å². The third-order valence-corrected chi connectivity index (χ3v) is 4.02. The van der Waals surface area contributed by atoms with Crippen LogP contribution in [0.2, 0.25) is 0 Å². The van der Waals surface area contributed by atoms with E-state index in [0.29, 0.717) is 17.2 Å². The van der Waals surface area contributed by atoms with E-state index >= 15 is 0 Å². The number of rotatable bonds is 4. The normalized spacial score (nSPS) is 10.8. The molecule has 3 aromatic heterocycles. The molecule has 0 aliphatic carbocycles. The first-order valence-electron chi connectivity index (χ1n) is 8.45. The topological polar surface area (TPSA) is 116 Å². The maximum Gasteiger partial charge on any atom is 0.264 e. The van der Waals surface area contributed by atoms with E-state index in [0.717, 1.165) is 5.56 Å². The van der Waals surface area contributed by atoms with Crippen LogP contribution in [0, 0.1) is 6.92 Å². The molecule has 9 heteroatoms. The Morgan fingerprint density at radius 1 is 1.07 bits per heavy atom. The minimum absolute atomic E-state index is 0.165. The van der Waals surface area contributed by atoms with Crippen molar-refractivity contribution in [2.75, 3.05) is 5.32 Å². The van der Waals surface area contributed by atoms with Crippen LogP contribution in [0.3, 0.4) is 0 Å². The number of carbonyl (C=O) groups excluding carboxylic acids is 1. The highest BCUT2D eigenvalue weighted by Gasteiger charge is 2.12. The van der Waals surface area contributed by atoms with E-state index in [1.54, 1.807) is 18.3 Å². The summed E-state index contributed by atoms with van der Waals surface area (Å²) in [5.41, 5.74) is 2.07. The van der Waals surface area contributed by atoms with Crippen LogP contribution in [0.1, 0.15) is 5.56 Å². The van der Waals surface area contributed by atoms with Crippen LogP contribution in [-0.4, -0.2) is 35.4 Å². The van der Waals surface area contributed by atoms with Crippen LogP contribution in [0.4, 0.5) is 5.69 Å². The highest BCUT2D eigenvalue weighted by molar-refractivity contribution is 5.90. The summed E-state index contributed by atoms with van der Waals surface area (Å²) in [5, 5.41) is 2.97. The molecule has 0 spiro atoms. The van der Waals surface area contributed by atoms with Crippen molar-refractivity contribution in [1.29, 1.82) is 0 Å². The zero-order valence-electron chi connectivity index (χ0n) is 14.9. The minimum atomic E-state index is -0.394. The van der Waals surface area contributed by atoms with Crippen LogP contribution < -0.4 is 10.9 Å². The van der Waals surface area contributed by atoms with E-state index in [4.69, 9.17) is 0 Å². The van der Waals surface area contributed by atoms with Gasteiger partial charge in [-0.3, -0.25) is 19.1 Å². The summed E-state index contributed by atoms with van der Waals surface area (Å²) < 4.78 is 1.22. The van der Waals surface area contributed by atoms with E-state index in [-0.39, 0.29) is 23.5 Å². The smallest absolute Gasteiger partial charge is 0.264 e. The van der Waals surface area contributed by atoms with Crippen LogP contribution in [0.25, 0.3) is 22.6 Å². The maximum atomic E-state index is 12.6. The number of amides is 1. The number of anilines is 1. The second-order valence-electron chi connectivity index (χ2n) is 6.11. The van der Waals surface area contributed by atoms with Crippen molar-refractivity contribution in [2.24, 2.45) is 0 Å². The van der Waals surface area contributed by atoms with Crippen molar-refractivity contribution in [3.05, 3.63) is 71.3 Å². The lowest BCUT2D eigenvalue weighted by atomic mass is 10.2. The lowest BCUT2D eigenvalue weighted by Crippen LogP contribution is -2.28. The van der Waals surface area contributed by atoms with Crippen LogP contribution >= 0.6 is 0 Å². The molecule has 1 amide bonds. The zero-order chi connectivity index (χ0) is 19.5. The van der Waals surface area contributed by atoms with Gasteiger partial charge in [-0.05, 0) is 19.1 Å². The van der Waals surface area contributed by atoms with Crippen molar-refractivity contribution in [2.45, 2.75) is 13.5 Å². The second kappa shape index (κ2) is 7.31. The van der Waals surface area contributed by atoms with Gasteiger partial charge in [0.1, 0.15) is 24.0 Å². The summed E-state index contributed by atoms with van der Waals surface area (Å²) in [5.74, 6) is -0.00781. The molecule has 0 unspecified atom stereocenters.